The van der Waals surface area contributed by atoms with Crippen LogP contribution in [-0.2, 0) is 9.59 Å². The topological polar surface area (TPSA) is 113 Å². The molecule has 0 bridgehead atoms. The van der Waals surface area contributed by atoms with Gasteiger partial charge in [0.2, 0.25) is 0 Å². The van der Waals surface area contributed by atoms with Gasteiger partial charge in [-0.2, -0.15) is 0 Å². The van der Waals surface area contributed by atoms with E-state index in [0.29, 0.717) is 22.8 Å². The quantitative estimate of drug-likeness (QED) is 0.298. The zero-order chi connectivity index (χ0) is 26.7. The first-order valence-electron chi connectivity index (χ1n) is 11.8. The highest BCUT2D eigenvalue weighted by atomic mass is 16.6. The van der Waals surface area contributed by atoms with Crippen LogP contribution in [0.4, 0.5) is 17.1 Å². The van der Waals surface area contributed by atoms with Gasteiger partial charge in [-0.25, -0.2) is 0 Å². The average molecular weight is 497 g/mol. The third-order valence-electron chi connectivity index (χ3n) is 6.48. The van der Waals surface area contributed by atoms with Crippen molar-refractivity contribution in [3.8, 4) is 0 Å². The van der Waals surface area contributed by atoms with Crippen LogP contribution < -0.4 is 16.0 Å². The number of nitrogens with zero attached hydrogens (tertiary/aromatic N) is 1. The summed E-state index contributed by atoms with van der Waals surface area (Å²) in [7, 11) is 0. The predicted octanol–water partition coefficient (Wildman–Crippen LogP) is 5.72. The first kappa shape index (κ1) is 25.4. The van der Waals surface area contributed by atoms with Crippen molar-refractivity contribution >= 4 is 28.9 Å². The van der Waals surface area contributed by atoms with Crippen molar-refractivity contribution in [2.45, 2.75) is 33.6 Å². The van der Waals surface area contributed by atoms with E-state index in [0.717, 1.165) is 11.1 Å². The van der Waals surface area contributed by atoms with E-state index in [2.05, 4.69) is 16.0 Å². The Bertz CT molecular complexity index is 1390. The van der Waals surface area contributed by atoms with E-state index in [9.17, 15) is 19.7 Å². The van der Waals surface area contributed by atoms with Gasteiger partial charge < -0.3 is 16.0 Å². The van der Waals surface area contributed by atoms with Crippen LogP contribution in [0.2, 0.25) is 0 Å². The summed E-state index contributed by atoms with van der Waals surface area (Å²) in [6.45, 7) is 7.21. The summed E-state index contributed by atoms with van der Waals surface area (Å²) in [6, 6.07) is 20.9. The Morgan fingerprint density at radius 1 is 0.730 bits per heavy atom. The lowest BCUT2D eigenvalue weighted by molar-refractivity contribution is -0.385. The molecular formula is C29H28N4O4. The van der Waals surface area contributed by atoms with Gasteiger partial charge in [-0.15, -0.1) is 0 Å². The van der Waals surface area contributed by atoms with Crippen molar-refractivity contribution < 1.29 is 14.5 Å². The molecule has 1 aliphatic heterocycles. The first-order valence-corrected chi connectivity index (χ1v) is 11.8. The van der Waals surface area contributed by atoms with Gasteiger partial charge in [0.15, 0.2) is 0 Å². The van der Waals surface area contributed by atoms with Crippen LogP contribution in [0.25, 0.3) is 0 Å². The number of hydrogen-bond donors (Lipinski definition) is 3. The number of anilines is 2. The molecule has 0 radical (unpaired) electrons. The number of para-hydroxylation sites is 3. The molecule has 1 heterocycles. The minimum atomic E-state index is -0.976. The average Bonchev–Trinajstić information content (AvgIpc) is 2.86. The SMILES string of the molecule is CC1=C(C(=O)Nc2ccccc2C)C(c2ccccc2[N+](=O)[O-])C(C(=O)Nc2ccccc2C)=C(C)N1. The van der Waals surface area contributed by atoms with Gasteiger partial charge in [0, 0.05) is 45.5 Å². The minimum Gasteiger partial charge on any atom is -0.362 e. The maximum Gasteiger partial charge on any atom is 0.273 e. The maximum absolute atomic E-state index is 13.7. The summed E-state index contributed by atoms with van der Waals surface area (Å²) in [6.07, 6.45) is 0. The molecule has 8 heteroatoms. The molecular weight excluding hydrogens is 468 g/mol. The number of hydrogen-bond acceptors (Lipinski definition) is 5. The Hall–Kier alpha value is -4.72. The molecule has 2 amide bonds. The molecule has 0 aliphatic carbocycles. The molecule has 0 aromatic heterocycles. The summed E-state index contributed by atoms with van der Waals surface area (Å²) in [5, 5.41) is 21.0. The van der Waals surface area contributed by atoms with Crippen LogP contribution in [-0.4, -0.2) is 16.7 Å². The van der Waals surface area contributed by atoms with Crippen molar-refractivity contribution in [2.75, 3.05) is 10.6 Å². The molecule has 3 aromatic carbocycles. The van der Waals surface area contributed by atoms with E-state index in [1.807, 2.05) is 50.2 Å². The van der Waals surface area contributed by atoms with E-state index in [1.54, 1.807) is 44.2 Å². The predicted molar refractivity (Wildman–Crippen MR) is 144 cm³/mol. The van der Waals surface area contributed by atoms with Crippen LogP contribution in [0.1, 0.15) is 36.5 Å². The zero-order valence-electron chi connectivity index (χ0n) is 21.1. The third-order valence-corrected chi connectivity index (χ3v) is 6.48. The molecule has 1 aliphatic rings. The molecule has 4 rings (SSSR count). The number of dihydropyridines is 1. The van der Waals surface area contributed by atoms with Crippen molar-refractivity contribution in [2.24, 2.45) is 0 Å². The largest absolute Gasteiger partial charge is 0.362 e. The number of carbonyl (C=O) groups is 2. The summed E-state index contributed by atoms with van der Waals surface area (Å²) in [4.78, 5) is 39.0. The second kappa shape index (κ2) is 10.5. The highest BCUT2D eigenvalue weighted by Crippen LogP contribution is 2.42. The zero-order valence-corrected chi connectivity index (χ0v) is 21.1. The standard InChI is InChI=1S/C29H28N4O4/c1-17-11-5-8-14-22(17)31-28(34)25-19(3)30-20(4)26(29(35)32-23-15-9-6-12-18(23)2)27(25)21-13-7-10-16-24(21)33(36)37/h5-16,27,30H,1-4H3,(H,31,34)(H,32,35). The molecule has 0 atom stereocenters. The lowest BCUT2D eigenvalue weighted by atomic mass is 9.79. The summed E-state index contributed by atoms with van der Waals surface area (Å²) < 4.78 is 0. The third kappa shape index (κ3) is 5.13. The Kier molecular flexibility index (Phi) is 7.20. The van der Waals surface area contributed by atoms with Crippen molar-refractivity contribution in [3.63, 3.8) is 0 Å². The van der Waals surface area contributed by atoms with Gasteiger partial charge in [0.05, 0.1) is 10.8 Å². The van der Waals surface area contributed by atoms with Crippen LogP contribution in [0, 0.1) is 24.0 Å². The molecule has 0 unspecified atom stereocenters. The highest BCUT2D eigenvalue weighted by Gasteiger charge is 2.39. The molecule has 0 saturated heterocycles. The smallest absolute Gasteiger partial charge is 0.273 e. The molecule has 3 N–H and O–H groups in total. The van der Waals surface area contributed by atoms with Crippen molar-refractivity contribution in [1.82, 2.24) is 5.32 Å². The number of nitrogens with one attached hydrogen (secondary N) is 3. The van der Waals surface area contributed by atoms with E-state index in [4.69, 9.17) is 0 Å². The van der Waals surface area contributed by atoms with Crippen LogP contribution >= 0.6 is 0 Å². The molecule has 188 valence electrons. The van der Waals surface area contributed by atoms with E-state index >= 15 is 0 Å². The lowest BCUT2D eigenvalue weighted by Gasteiger charge is -2.31. The minimum absolute atomic E-state index is 0.169. The molecule has 3 aromatic rings. The fourth-order valence-electron chi connectivity index (χ4n) is 4.61. The normalized spacial score (nSPS) is 13.7. The number of benzene rings is 3. The van der Waals surface area contributed by atoms with Gasteiger partial charge in [0.1, 0.15) is 0 Å². The number of aryl methyl sites for hydroxylation is 2. The Morgan fingerprint density at radius 3 is 1.62 bits per heavy atom. The second-order valence-corrected chi connectivity index (χ2v) is 8.99. The van der Waals surface area contributed by atoms with Crippen LogP contribution in [0.15, 0.2) is 95.3 Å². The first-order chi connectivity index (χ1) is 17.7. The summed E-state index contributed by atoms with van der Waals surface area (Å²) in [5.74, 6) is -1.87. The summed E-state index contributed by atoms with van der Waals surface area (Å²) in [5.41, 5.74) is 4.55. The van der Waals surface area contributed by atoms with Gasteiger partial charge in [-0.3, -0.25) is 19.7 Å². The number of allylic oxidation sites excluding steroid dienone is 2. The van der Waals surface area contributed by atoms with E-state index in [-0.39, 0.29) is 22.4 Å². The van der Waals surface area contributed by atoms with Gasteiger partial charge >= 0.3 is 0 Å². The fraction of sp³-hybridized carbons (Fsp3) is 0.172. The number of nitro groups is 1. The monoisotopic (exact) mass is 496 g/mol. The van der Waals surface area contributed by atoms with Crippen LogP contribution in [0.3, 0.4) is 0 Å². The molecule has 37 heavy (non-hydrogen) atoms. The summed E-state index contributed by atoms with van der Waals surface area (Å²) >= 11 is 0. The number of rotatable bonds is 6. The van der Waals surface area contributed by atoms with Gasteiger partial charge in [-0.05, 0) is 51.0 Å². The Balaban J connectivity index is 1.85. The Labute approximate surface area is 215 Å². The second-order valence-electron chi connectivity index (χ2n) is 8.99. The number of amides is 2. The van der Waals surface area contributed by atoms with Gasteiger partial charge in [-0.1, -0.05) is 54.6 Å². The van der Waals surface area contributed by atoms with Crippen molar-refractivity contribution in [1.29, 1.82) is 0 Å². The molecule has 0 fully saturated rings. The lowest BCUT2D eigenvalue weighted by Crippen LogP contribution is -2.35. The number of nitro benzene ring substituents is 1. The van der Waals surface area contributed by atoms with Crippen LogP contribution in [0.5, 0.6) is 0 Å². The Morgan fingerprint density at radius 2 is 1.16 bits per heavy atom. The number of carbonyl (C=O) groups excluding carboxylic acids is 2. The van der Waals surface area contributed by atoms with Gasteiger partial charge in [0.25, 0.3) is 17.5 Å². The molecule has 0 saturated carbocycles. The maximum atomic E-state index is 13.7. The van der Waals surface area contributed by atoms with E-state index in [1.165, 1.54) is 6.07 Å². The fourth-order valence-corrected chi connectivity index (χ4v) is 4.61. The highest BCUT2D eigenvalue weighted by molar-refractivity contribution is 6.12. The van der Waals surface area contributed by atoms with Crippen molar-refractivity contribution in [3.05, 3.63) is 122 Å². The van der Waals surface area contributed by atoms with E-state index < -0.39 is 22.7 Å². The molecule has 0 spiro atoms. The molecule has 8 nitrogen and oxygen atoms in total.